The van der Waals surface area contributed by atoms with Gasteiger partial charge in [0, 0.05) is 17.9 Å². The highest BCUT2D eigenvalue weighted by molar-refractivity contribution is 7.90. The molecule has 0 N–H and O–H groups in total. The number of hydrogen-bond donors (Lipinski definition) is 0. The standard InChI is InChI=1S/C19H15FO5S/c1-12-10-17(13-6-8-16(9-7-13)26(2,22)23)18(19(21)24-12)25-15-5-3-4-14(20)11-15/h3-11H,1-2H3. The molecule has 1 heterocycles. The monoisotopic (exact) mass is 374 g/mol. The number of hydrogen-bond acceptors (Lipinski definition) is 5. The van der Waals surface area contributed by atoms with Gasteiger partial charge in [-0.3, -0.25) is 0 Å². The van der Waals surface area contributed by atoms with Gasteiger partial charge in [0.2, 0.25) is 5.75 Å². The third-order valence-electron chi connectivity index (χ3n) is 3.64. The van der Waals surface area contributed by atoms with Gasteiger partial charge in [0.15, 0.2) is 9.84 Å². The molecule has 0 fully saturated rings. The summed E-state index contributed by atoms with van der Waals surface area (Å²) in [7, 11) is -3.33. The molecule has 0 aliphatic carbocycles. The van der Waals surface area contributed by atoms with Crippen molar-refractivity contribution in [3.63, 3.8) is 0 Å². The molecule has 134 valence electrons. The molecule has 0 amide bonds. The molecule has 0 atom stereocenters. The predicted octanol–water partition coefficient (Wildman–Crippen LogP) is 3.95. The molecule has 0 aliphatic heterocycles. The first-order valence-electron chi connectivity index (χ1n) is 7.63. The molecule has 26 heavy (non-hydrogen) atoms. The number of aryl methyl sites for hydroxylation is 1. The summed E-state index contributed by atoms with van der Waals surface area (Å²) in [5, 5.41) is 0. The van der Waals surface area contributed by atoms with Crippen LogP contribution in [0.4, 0.5) is 4.39 Å². The molecule has 3 rings (SSSR count). The summed E-state index contributed by atoms with van der Waals surface area (Å²) in [6, 6.07) is 13.0. The third-order valence-corrected chi connectivity index (χ3v) is 4.77. The maximum absolute atomic E-state index is 13.4. The quantitative estimate of drug-likeness (QED) is 0.691. The van der Waals surface area contributed by atoms with Gasteiger partial charge in [0.05, 0.1) is 4.90 Å². The normalized spacial score (nSPS) is 11.3. The molecule has 0 bridgehead atoms. The third kappa shape index (κ3) is 3.83. The van der Waals surface area contributed by atoms with Crippen molar-refractivity contribution in [3.05, 3.63) is 76.6 Å². The second-order valence-corrected chi connectivity index (χ2v) is 7.76. The van der Waals surface area contributed by atoms with Crippen molar-refractivity contribution in [2.45, 2.75) is 11.8 Å². The molecule has 0 radical (unpaired) electrons. The number of sulfone groups is 1. The Balaban J connectivity index is 2.11. The molecule has 2 aromatic carbocycles. The van der Waals surface area contributed by atoms with E-state index in [2.05, 4.69) is 0 Å². The lowest BCUT2D eigenvalue weighted by Gasteiger charge is -2.11. The maximum atomic E-state index is 13.4. The number of ether oxygens (including phenoxy) is 1. The summed E-state index contributed by atoms with van der Waals surface area (Å²) >= 11 is 0. The van der Waals surface area contributed by atoms with E-state index in [1.807, 2.05) is 0 Å². The zero-order chi connectivity index (χ0) is 18.9. The first-order valence-corrected chi connectivity index (χ1v) is 9.52. The van der Waals surface area contributed by atoms with E-state index in [4.69, 9.17) is 9.15 Å². The predicted molar refractivity (Wildman–Crippen MR) is 94.7 cm³/mol. The van der Waals surface area contributed by atoms with Crippen LogP contribution in [0.1, 0.15) is 5.76 Å². The largest absolute Gasteiger partial charge is 0.449 e. The van der Waals surface area contributed by atoms with Gasteiger partial charge < -0.3 is 9.15 Å². The van der Waals surface area contributed by atoms with Gasteiger partial charge in [-0.2, -0.15) is 0 Å². The molecule has 0 spiro atoms. The van der Waals surface area contributed by atoms with Crippen molar-refractivity contribution in [1.82, 2.24) is 0 Å². The minimum atomic E-state index is -3.33. The topological polar surface area (TPSA) is 73.6 Å². The van der Waals surface area contributed by atoms with Crippen LogP contribution in [0.15, 0.2) is 68.7 Å². The van der Waals surface area contributed by atoms with E-state index in [-0.39, 0.29) is 16.4 Å². The number of benzene rings is 2. The lowest BCUT2D eigenvalue weighted by molar-refractivity contribution is 0.409. The summed E-state index contributed by atoms with van der Waals surface area (Å²) in [6.07, 6.45) is 1.11. The van der Waals surface area contributed by atoms with Crippen LogP contribution in [0.25, 0.3) is 11.1 Å². The summed E-state index contributed by atoms with van der Waals surface area (Å²) < 4.78 is 47.2. The van der Waals surface area contributed by atoms with Crippen LogP contribution in [0.5, 0.6) is 11.5 Å². The zero-order valence-corrected chi connectivity index (χ0v) is 14.8. The Bertz CT molecular complexity index is 1120. The Morgan fingerprint density at radius 3 is 2.35 bits per heavy atom. The second-order valence-electron chi connectivity index (χ2n) is 5.74. The maximum Gasteiger partial charge on any atom is 0.379 e. The number of halogens is 1. The Morgan fingerprint density at radius 2 is 1.73 bits per heavy atom. The van der Waals surface area contributed by atoms with Crippen LogP contribution in [-0.4, -0.2) is 14.7 Å². The van der Waals surface area contributed by atoms with Crippen LogP contribution in [0.2, 0.25) is 0 Å². The van der Waals surface area contributed by atoms with Crippen LogP contribution >= 0.6 is 0 Å². The highest BCUT2D eigenvalue weighted by Gasteiger charge is 2.16. The van der Waals surface area contributed by atoms with Crippen molar-refractivity contribution < 1.29 is 22.0 Å². The van der Waals surface area contributed by atoms with Gasteiger partial charge >= 0.3 is 5.63 Å². The Morgan fingerprint density at radius 1 is 1.04 bits per heavy atom. The van der Waals surface area contributed by atoms with E-state index in [1.54, 1.807) is 25.1 Å². The molecule has 0 saturated carbocycles. The van der Waals surface area contributed by atoms with Gasteiger partial charge in [0.1, 0.15) is 17.3 Å². The van der Waals surface area contributed by atoms with Crippen LogP contribution < -0.4 is 10.4 Å². The van der Waals surface area contributed by atoms with Crippen molar-refractivity contribution >= 4 is 9.84 Å². The molecular weight excluding hydrogens is 359 g/mol. The SMILES string of the molecule is Cc1cc(-c2ccc(S(C)(=O)=O)cc2)c(Oc2cccc(F)c2)c(=O)o1. The molecule has 3 aromatic rings. The minimum Gasteiger partial charge on any atom is -0.449 e. The molecule has 1 aromatic heterocycles. The van der Waals surface area contributed by atoms with E-state index in [9.17, 15) is 17.6 Å². The smallest absolute Gasteiger partial charge is 0.379 e. The van der Waals surface area contributed by atoms with Crippen LogP contribution in [0.3, 0.4) is 0 Å². The van der Waals surface area contributed by atoms with E-state index < -0.39 is 21.3 Å². The average Bonchev–Trinajstić information content (AvgIpc) is 2.56. The van der Waals surface area contributed by atoms with E-state index in [1.165, 1.54) is 30.3 Å². The van der Waals surface area contributed by atoms with E-state index >= 15 is 0 Å². The molecule has 0 aliphatic rings. The van der Waals surface area contributed by atoms with Crippen molar-refractivity contribution in [2.75, 3.05) is 6.26 Å². The Kier molecular flexibility index (Phi) is 4.65. The second kappa shape index (κ2) is 6.76. The van der Waals surface area contributed by atoms with Gasteiger partial charge in [0.25, 0.3) is 0 Å². The lowest BCUT2D eigenvalue weighted by atomic mass is 10.1. The first-order chi connectivity index (χ1) is 12.2. The van der Waals surface area contributed by atoms with Crippen molar-refractivity contribution in [3.8, 4) is 22.6 Å². The fraction of sp³-hybridized carbons (Fsp3) is 0.105. The number of rotatable bonds is 4. The molecule has 5 nitrogen and oxygen atoms in total. The fourth-order valence-electron chi connectivity index (χ4n) is 2.44. The van der Waals surface area contributed by atoms with Gasteiger partial charge in [-0.15, -0.1) is 0 Å². The molecule has 7 heteroatoms. The highest BCUT2D eigenvalue weighted by Crippen LogP contribution is 2.32. The summed E-state index contributed by atoms with van der Waals surface area (Å²) in [5.74, 6) is -0.0923. The van der Waals surface area contributed by atoms with Gasteiger partial charge in [-0.1, -0.05) is 18.2 Å². The van der Waals surface area contributed by atoms with Crippen molar-refractivity contribution in [2.24, 2.45) is 0 Å². The molecule has 0 unspecified atom stereocenters. The summed E-state index contributed by atoms with van der Waals surface area (Å²) in [5.41, 5.74) is 0.277. The Hall–Kier alpha value is -2.93. The fourth-order valence-corrected chi connectivity index (χ4v) is 3.07. The Labute approximate surface area is 149 Å². The van der Waals surface area contributed by atoms with Gasteiger partial charge in [-0.05, 0) is 42.8 Å². The zero-order valence-electron chi connectivity index (χ0n) is 14.0. The summed E-state index contributed by atoms with van der Waals surface area (Å²) in [6.45, 7) is 1.61. The molecular formula is C19H15FO5S. The van der Waals surface area contributed by atoms with Crippen molar-refractivity contribution in [1.29, 1.82) is 0 Å². The van der Waals surface area contributed by atoms with Gasteiger partial charge in [-0.25, -0.2) is 17.6 Å². The van der Waals surface area contributed by atoms with E-state index in [0.29, 0.717) is 16.9 Å². The highest BCUT2D eigenvalue weighted by atomic mass is 32.2. The molecule has 0 saturated heterocycles. The summed E-state index contributed by atoms with van der Waals surface area (Å²) in [4.78, 5) is 12.4. The van der Waals surface area contributed by atoms with Crippen LogP contribution in [-0.2, 0) is 9.84 Å². The first kappa shape index (κ1) is 17.9. The van der Waals surface area contributed by atoms with E-state index in [0.717, 1.165) is 12.3 Å². The average molecular weight is 374 g/mol. The van der Waals surface area contributed by atoms with Crippen LogP contribution in [0, 0.1) is 12.7 Å². The minimum absolute atomic E-state index is 0.103. The lowest BCUT2D eigenvalue weighted by Crippen LogP contribution is -2.06.